The summed E-state index contributed by atoms with van der Waals surface area (Å²) in [6.45, 7) is 6.63. The summed E-state index contributed by atoms with van der Waals surface area (Å²) >= 11 is 0. The van der Waals surface area contributed by atoms with E-state index >= 15 is 0 Å². The van der Waals surface area contributed by atoms with E-state index in [0.29, 0.717) is 4.90 Å². The van der Waals surface area contributed by atoms with Gasteiger partial charge in [0.15, 0.2) is 6.10 Å². The largest absolute Gasteiger partial charge is 0.460 e. The molecule has 1 rings (SSSR count). The predicted molar refractivity (Wildman–Crippen MR) is 84.3 cm³/mol. The maximum atomic E-state index is 14.8. The van der Waals surface area contributed by atoms with Crippen LogP contribution < -0.4 is 11.5 Å². The van der Waals surface area contributed by atoms with Crippen LogP contribution in [-0.4, -0.2) is 53.3 Å². The van der Waals surface area contributed by atoms with Gasteiger partial charge in [0, 0.05) is 25.7 Å². The van der Waals surface area contributed by atoms with Crippen molar-refractivity contribution in [2.45, 2.75) is 51.2 Å². The number of esters is 2. The Bertz CT molecular complexity index is 625. The molecule has 9 nitrogen and oxygen atoms in total. The summed E-state index contributed by atoms with van der Waals surface area (Å²) in [5, 5.41) is 0. The summed E-state index contributed by atoms with van der Waals surface area (Å²) in [5.41, 5.74) is 10.4. The van der Waals surface area contributed by atoms with Gasteiger partial charge < -0.3 is 25.7 Å². The fraction of sp³-hybridized carbons (Fsp3) is 0.533. The quantitative estimate of drug-likeness (QED) is 0.511. The first-order chi connectivity index (χ1) is 11.9. The Morgan fingerprint density at radius 3 is 2.27 bits per heavy atom. The van der Waals surface area contributed by atoms with Gasteiger partial charge in [0.05, 0.1) is 0 Å². The third kappa shape index (κ3) is 4.91. The van der Waals surface area contributed by atoms with Crippen molar-refractivity contribution in [3.63, 3.8) is 0 Å². The zero-order valence-electron chi connectivity index (χ0n) is 14.5. The standard InChI is InChI=1S/C15H21F2N3O6/c1-7(18)5-6-20(14(19)23)13-15(16,17)12(25-10(4)22)11(26-13)8(2)24-9(3)21/h5-6,8,11-13H,1,18H2,2-4H3,(H2,19,23)/b6-5-/t8-,11+,12+,13+/m0/s1. The summed E-state index contributed by atoms with van der Waals surface area (Å²) in [6, 6.07) is -1.27. The number of halogens is 2. The Labute approximate surface area is 148 Å². The highest BCUT2D eigenvalue weighted by atomic mass is 19.3. The molecule has 2 amide bonds. The molecule has 146 valence electrons. The highest BCUT2D eigenvalue weighted by Gasteiger charge is 2.65. The van der Waals surface area contributed by atoms with Gasteiger partial charge in [0.25, 0.3) is 0 Å². The van der Waals surface area contributed by atoms with Gasteiger partial charge in [-0.3, -0.25) is 14.5 Å². The van der Waals surface area contributed by atoms with Gasteiger partial charge in [-0.2, -0.15) is 8.78 Å². The van der Waals surface area contributed by atoms with E-state index in [-0.39, 0.29) is 5.70 Å². The molecule has 1 heterocycles. The van der Waals surface area contributed by atoms with Crippen molar-refractivity contribution in [1.29, 1.82) is 0 Å². The molecule has 26 heavy (non-hydrogen) atoms. The summed E-state index contributed by atoms with van der Waals surface area (Å²) in [5.74, 6) is -5.61. The number of rotatable bonds is 6. The molecule has 1 aliphatic rings. The Morgan fingerprint density at radius 1 is 1.27 bits per heavy atom. The first kappa shape index (κ1) is 21.4. The molecule has 0 aliphatic carbocycles. The van der Waals surface area contributed by atoms with E-state index in [1.807, 2.05) is 0 Å². The third-order valence-corrected chi connectivity index (χ3v) is 3.36. The normalized spacial score (nSPS) is 25.5. The Kier molecular flexibility index (Phi) is 6.67. The van der Waals surface area contributed by atoms with Crippen LogP contribution in [0.25, 0.3) is 0 Å². The van der Waals surface area contributed by atoms with Crippen LogP contribution in [0.15, 0.2) is 24.6 Å². The van der Waals surface area contributed by atoms with Crippen molar-refractivity contribution in [1.82, 2.24) is 4.90 Å². The predicted octanol–water partition coefficient (Wildman–Crippen LogP) is 0.597. The lowest BCUT2D eigenvalue weighted by atomic mass is 10.0. The van der Waals surface area contributed by atoms with Crippen LogP contribution in [0.2, 0.25) is 0 Å². The van der Waals surface area contributed by atoms with Gasteiger partial charge in [-0.1, -0.05) is 6.58 Å². The molecule has 0 bridgehead atoms. The summed E-state index contributed by atoms with van der Waals surface area (Å²) < 4.78 is 44.4. The second kappa shape index (κ2) is 8.13. The fourth-order valence-electron chi connectivity index (χ4n) is 2.37. The molecule has 0 saturated carbocycles. The summed E-state index contributed by atoms with van der Waals surface area (Å²) in [7, 11) is 0. The summed E-state index contributed by atoms with van der Waals surface area (Å²) in [6.07, 6.45) is -5.14. The molecule has 1 saturated heterocycles. The number of allylic oxidation sites excluding steroid dienone is 1. The number of carbonyl (C=O) groups excluding carboxylic acids is 3. The third-order valence-electron chi connectivity index (χ3n) is 3.36. The molecule has 1 aliphatic heterocycles. The van der Waals surface area contributed by atoms with E-state index in [4.69, 9.17) is 20.9 Å². The molecule has 0 radical (unpaired) electrons. The second-order valence-corrected chi connectivity index (χ2v) is 5.61. The lowest BCUT2D eigenvalue weighted by Crippen LogP contribution is -2.52. The first-order valence-electron chi connectivity index (χ1n) is 7.46. The zero-order chi connectivity index (χ0) is 20.2. The van der Waals surface area contributed by atoms with Gasteiger partial charge in [-0.15, -0.1) is 0 Å². The minimum atomic E-state index is -3.86. The highest BCUT2D eigenvalue weighted by molar-refractivity contribution is 5.74. The van der Waals surface area contributed by atoms with Gasteiger partial charge in [0.1, 0.15) is 12.2 Å². The monoisotopic (exact) mass is 377 g/mol. The molecule has 4 atom stereocenters. The minimum absolute atomic E-state index is 0.0288. The average molecular weight is 377 g/mol. The number of urea groups is 1. The van der Waals surface area contributed by atoms with Crippen molar-refractivity contribution >= 4 is 18.0 Å². The van der Waals surface area contributed by atoms with Crippen LogP contribution in [0.3, 0.4) is 0 Å². The van der Waals surface area contributed by atoms with E-state index in [1.54, 1.807) is 0 Å². The number of primary amides is 1. The van der Waals surface area contributed by atoms with Crippen LogP contribution in [-0.2, 0) is 23.8 Å². The molecule has 0 spiro atoms. The Hall–Kier alpha value is -2.69. The van der Waals surface area contributed by atoms with Gasteiger partial charge in [-0.25, -0.2) is 4.79 Å². The van der Waals surface area contributed by atoms with E-state index in [9.17, 15) is 23.2 Å². The van der Waals surface area contributed by atoms with Gasteiger partial charge in [0.2, 0.25) is 6.23 Å². The first-order valence-corrected chi connectivity index (χ1v) is 7.46. The fourth-order valence-corrected chi connectivity index (χ4v) is 2.37. The van der Waals surface area contributed by atoms with Crippen molar-refractivity contribution in [3.8, 4) is 0 Å². The maximum Gasteiger partial charge on any atom is 0.331 e. The molecule has 1 fully saturated rings. The SMILES string of the molecule is C=C(N)/C=C\N(C(N)=O)[C@@H]1O[C@H]([C@H](C)OC(C)=O)[C@@H](OC(C)=O)C1(F)F. The number of hydrogen-bond acceptors (Lipinski definition) is 7. The lowest BCUT2D eigenvalue weighted by Gasteiger charge is -2.28. The van der Waals surface area contributed by atoms with Gasteiger partial charge >= 0.3 is 23.9 Å². The molecule has 0 unspecified atom stereocenters. The molecule has 0 aromatic rings. The number of nitrogens with two attached hydrogens (primary N) is 2. The van der Waals surface area contributed by atoms with Crippen molar-refractivity contribution in [2.75, 3.05) is 0 Å². The number of alkyl halides is 2. The molecule has 11 heteroatoms. The van der Waals surface area contributed by atoms with Crippen LogP contribution in [0.1, 0.15) is 20.8 Å². The summed E-state index contributed by atoms with van der Waals surface area (Å²) in [4.78, 5) is 34.3. The molecule has 4 N–H and O–H groups in total. The average Bonchev–Trinajstić information content (AvgIpc) is 2.70. The van der Waals surface area contributed by atoms with Crippen molar-refractivity contribution in [3.05, 3.63) is 24.6 Å². The molecular formula is C15H21F2N3O6. The number of hydrogen-bond donors (Lipinski definition) is 2. The van der Waals surface area contributed by atoms with Crippen LogP contribution in [0.4, 0.5) is 13.6 Å². The minimum Gasteiger partial charge on any atom is -0.460 e. The number of amides is 2. The number of carbonyl (C=O) groups is 3. The van der Waals surface area contributed by atoms with E-state index in [0.717, 1.165) is 26.1 Å². The van der Waals surface area contributed by atoms with Crippen molar-refractivity contribution < 1.29 is 37.4 Å². The van der Waals surface area contributed by atoms with E-state index in [2.05, 4.69) is 11.3 Å². The van der Waals surface area contributed by atoms with Crippen LogP contribution >= 0.6 is 0 Å². The van der Waals surface area contributed by atoms with Gasteiger partial charge in [-0.05, 0) is 13.0 Å². The number of ether oxygens (including phenoxy) is 3. The number of nitrogens with zero attached hydrogens (tertiary/aromatic N) is 1. The van der Waals surface area contributed by atoms with E-state index in [1.165, 1.54) is 6.92 Å². The topological polar surface area (TPSA) is 134 Å². The lowest BCUT2D eigenvalue weighted by molar-refractivity contribution is -0.176. The van der Waals surface area contributed by atoms with Crippen molar-refractivity contribution in [2.24, 2.45) is 11.5 Å². The second-order valence-electron chi connectivity index (χ2n) is 5.61. The van der Waals surface area contributed by atoms with Crippen LogP contribution in [0, 0.1) is 0 Å². The maximum absolute atomic E-state index is 14.8. The highest BCUT2D eigenvalue weighted by Crippen LogP contribution is 2.41. The molecule has 0 aromatic heterocycles. The molecule has 0 aromatic carbocycles. The Morgan fingerprint density at radius 2 is 1.85 bits per heavy atom. The molecular weight excluding hydrogens is 356 g/mol. The Balaban J connectivity index is 3.27. The van der Waals surface area contributed by atoms with Crippen LogP contribution in [0.5, 0.6) is 0 Å². The smallest absolute Gasteiger partial charge is 0.331 e. The van der Waals surface area contributed by atoms with E-state index < -0.39 is 48.4 Å². The zero-order valence-corrected chi connectivity index (χ0v) is 14.5.